The molecule has 0 saturated carbocycles. The first-order valence-electron chi connectivity index (χ1n) is 5.25. The molecule has 0 aliphatic heterocycles. The van der Waals surface area contributed by atoms with E-state index in [0.29, 0.717) is 6.29 Å². The molecule has 96 valence electrons. The van der Waals surface area contributed by atoms with Crippen molar-refractivity contribution in [2.24, 2.45) is 5.11 Å². The van der Waals surface area contributed by atoms with E-state index in [2.05, 4.69) is 10.0 Å². The Morgan fingerprint density at radius 1 is 1.44 bits per heavy atom. The fraction of sp³-hybridized carbons (Fsp3) is 0.364. The minimum absolute atomic E-state index is 0.0306. The van der Waals surface area contributed by atoms with Crippen LogP contribution in [0.25, 0.3) is 10.4 Å². The van der Waals surface area contributed by atoms with E-state index < -0.39 is 12.2 Å². The first kappa shape index (κ1) is 14.0. The molecule has 0 radical (unpaired) electrons. The second-order valence-electron chi connectivity index (χ2n) is 3.66. The molecule has 18 heavy (non-hydrogen) atoms. The van der Waals surface area contributed by atoms with Gasteiger partial charge in [0.25, 0.3) is 0 Å². The third-order valence-corrected chi connectivity index (χ3v) is 2.50. The number of carbonyl (C=O) groups is 1. The van der Waals surface area contributed by atoms with Crippen molar-refractivity contribution in [1.82, 2.24) is 0 Å². The van der Waals surface area contributed by atoms with Gasteiger partial charge in [0.15, 0.2) is 6.29 Å². The molecular formula is C11H13N3O4. The zero-order valence-corrected chi connectivity index (χ0v) is 9.47. The fourth-order valence-electron chi connectivity index (χ4n) is 1.51. The third kappa shape index (κ3) is 3.21. The Labute approximate surface area is 103 Å². The fourth-order valence-corrected chi connectivity index (χ4v) is 1.51. The lowest BCUT2D eigenvalue weighted by Gasteiger charge is -2.18. The molecular weight excluding hydrogens is 238 g/mol. The van der Waals surface area contributed by atoms with Crippen molar-refractivity contribution in [2.45, 2.75) is 18.6 Å². The van der Waals surface area contributed by atoms with Gasteiger partial charge in [0.1, 0.15) is 11.9 Å². The maximum Gasteiger partial charge on any atom is 0.153 e. The largest absolute Gasteiger partial charge is 0.507 e. The summed E-state index contributed by atoms with van der Waals surface area (Å²) in [5.41, 5.74) is 8.18. The van der Waals surface area contributed by atoms with Crippen LogP contribution in [0.2, 0.25) is 0 Å². The number of aromatic hydroxyl groups is 1. The van der Waals surface area contributed by atoms with Gasteiger partial charge < -0.3 is 15.3 Å². The van der Waals surface area contributed by atoms with Gasteiger partial charge in [0.05, 0.1) is 11.7 Å². The first-order valence-corrected chi connectivity index (χ1v) is 5.25. The van der Waals surface area contributed by atoms with E-state index in [-0.39, 0.29) is 29.8 Å². The quantitative estimate of drug-likeness (QED) is 0.304. The number of aldehydes is 1. The van der Waals surface area contributed by atoms with Gasteiger partial charge in [0.2, 0.25) is 0 Å². The number of hydrogen-bond acceptors (Lipinski definition) is 5. The van der Waals surface area contributed by atoms with E-state index in [9.17, 15) is 20.1 Å². The predicted molar refractivity (Wildman–Crippen MR) is 63.1 cm³/mol. The lowest BCUT2D eigenvalue weighted by atomic mass is 9.99. The molecule has 2 unspecified atom stereocenters. The topological polar surface area (TPSA) is 127 Å². The number of carbonyl (C=O) groups excluding carboxylic acids is 1. The molecule has 0 aliphatic carbocycles. The van der Waals surface area contributed by atoms with E-state index in [0.717, 1.165) is 0 Å². The highest BCUT2D eigenvalue weighted by molar-refractivity contribution is 5.80. The summed E-state index contributed by atoms with van der Waals surface area (Å²) in [6.45, 7) is 0.0306. The lowest BCUT2D eigenvalue weighted by molar-refractivity contribution is 0.0137. The van der Waals surface area contributed by atoms with Crippen LogP contribution in [0.15, 0.2) is 23.3 Å². The number of phenols is 1. The van der Waals surface area contributed by atoms with Gasteiger partial charge >= 0.3 is 0 Å². The number of benzene rings is 1. The van der Waals surface area contributed by atoms with Crippen molar-refractivity contribution < 1.29 is 20.1 Å². The highest BCUT2D eigenvalue weighted by atomic mass is 16.3. The van der Waals surface area contributed by atoms with Crippen LogP contribution in [0.5, 0.6) is 5.75 Å². The van der Waals surface area contributed by atoms with Crippen LogP contribution in [-0.2, 0) is 0 Å². The molecule has 0 saturated heterocycles. The third-order valence-electron chi connectivity index (χ3n) is 2.50. The van der Waals surface area contributed by atoms with Gasteiger partial charge in [0, 0.05) is 17.0 Å². The van der Waals surface area contributed by atoms with Gasteiger partial charge in [-0.15, -0.1) is 0 Å². The van der Waals surface area contributed by atoms with E-state index in [4.69, 9.17) is 5.53 Å². The van der Waals surface area contributed by atoms with Crippen molar-refractivity contribution in [1.29, 1.82) is 0 Å². The van der Waals surface area contributed by atoms with E-state index in [1.807, 2.05) is 0 Å². The second-order valence-corrected chi connectivity index (χ2v) is 3.66. The zero-order chi connectivity index (χ0) is 13.5. The Morgan fingerprint density at radius 3 is 2.78 bits per heavy atom. The van der Waals surface area contributed by atoms with Crippen LogP contribution >= 0.6 is 0 Å². The first-order chi connectivity index (χ1) is 8.61. The molecule has 1 rings (SSSR count). The van der Waals surface area contributed by atoms with Crippen molar-refractivity contribution in [3.05, 3.63) is 39.8 Å². The molecule has 0 aromatic heterocycles. The number of aliphatic hydroxyl groups excluding tert-OH is 2. The van der Waals surface area contributed by atoms with Gasteiger partial charge in [-0.1, -0.05) is 17.2 Å². The number of nitrogens with zero attached hydrogens (tertiary/aromatic N) is 3. The molecule has 0 aliphatic rings. The van der Waals surface area contributed by atoms with Crippen LogP contribution in [0.1, 0.15) is 28.4 Å². The van der Waals surface area contributed by atoms with Crippen LogP contribution in [0, 0.1) is 0 Å². The summed E-state index contributed by atoms with van der Waals surface area (Å²) >= 11 is 0. The summed E-state index contributed by atoms with van der Waals surface area (Å²) in [5.74, 6) is -0.358. The highest BCUT2D eigenvalue weighted by Crippen LogP contribution is 2.29. The summed E-state index contributed by atoms with van der Waals surface area (Å²) in [4.78, 5) is 13.1. The molecule has 7 heteroatoms. The maximum absolute atomic E-state index is 10.6. The van der Waals surface area contributed by atoms with Gasteiger partial charge in [-0.3, -0.25) is 4.79 Å². The summed E-state index contributed by atoms with van der Waals surface area (Å²) < 4.78 is 0. The Kier molecular flexibility index (Phi) is 5.13. The summed E-state index contributed by atoms with van der Waals surface area (Å²) in [5, 5.41) is 32.4. The maximum atomic E-state index is 10.6. The van der Waals surface area contributed by atoms with Gasteiger partial charge in [-0.25, -0.2) is 0 Å². The normalized spacial score (nSPS) is 13.4. The van der Waals surface area contributed by atoms with E-state index in [1.54, 1.807) is 0 Å². The van der Waals surface area contributed by atoms with Gasteiger partial charge in [-0.05, 0) is 18.0 Å². The van der Waals surface area contributed by atoms with Crippen molar-refractivity contribution in [3.8, 4) is 5.75 Å². The second kappa shape index (κ2) is 6.61. The lowest BCUT2D eigenvalue weighted by Crippen LogP contribution is -2.19. The average molecular weight is 251 g/mol. The molecule has 0 heterocycles. The molecule has 0 spiro atoms. The average Bonchev–Trinajstić information content (AvgIpc) is 2.38. The zero-order valence-electron chi connectivity index (χ0n) is 9.47. The SMILES string of the molecule is [N-]=[N+]=NCCC(O)C(O)c1cccc(C=O)c1O. The van der Waals surface area contributed by atoms with Crippen LogP contribution in [0.4, 0.5) is 0 Å². The number of rotatable bonds is 6. The highest BCUT2D eigenvalue weighted by Gasteiger charge is 2.21. The number of para-hydroxylation sites is 1. The molecule has 0 amide bonds. The van der Waals surface area contributed by atoms with Gasteiger partial charge in [-0.2, -0.15) is 0 Å². The van der Waals surface area contributed by atoms with Crippen LogP contribution in [0.3, 0.4) is 0 Å². The predicted octanol–water partition coefficient (Wildman–Crippen LogP) is 1.30. The van der Waals surface area contributed by atoms with Crippen molar-refractivity contribution in [2.75, 3.05) is 6.54 Å². The molecule has 7 nitrogen and oxygen atoms in total. The monoisotopic (exact) mass is 251 g/mol. The standard InChI is InChI=1S/C11H13N3O4/c12-14-13-5-4-9(16)11(18)8-3-1-2-7(6-15)10(8)17/h1-3,6,9,11,16-18H,4-5H2. The Hall–Kier alpha value is -2.08. The van der Waals surface area contributed by atoms with Crippen molar-refractivity contribution >= 4 is 6.29 Å². The molecule has 1 aromatic carbocycles. The number of azide groups is 1. The van der Waals surface area contributed by atoms with E-state index >= 15 is 0 Å². The minimum Gasteiger partial charge on any atom is -0.507 e. The molecule has 0 fully saturated rings. The molecule has 3 N–H and O–H groups in total. The van der Waals surface area contributed by atoms with Crippen LogP contribution in [-0.4, -0.2) is 34.3 Å². The smallest absolute Gasteiger partial charge is 0.153 e. The number of aliphatic hydroxyl groups is 2. The Bertz CT molecular complexity index is 471. The molecule has 2 atom stereocenters. The molecule has 0 bridgehead atoms. The Morgan fingerprint density at radius 2 is 2.17 bits per heavy atom. The number of hydrogen-bond donors (Lipinski definition) is 3. The van der Waals surface area contributed by atoms with E-state index in [1.165, 1.54) is 18.2 Å². The Balaban J connectivity index is 2.85. The number of phenolic OH excluding ortho intramolecular Hbond substituents is 1. The summed E-state index contributed by atoms with van der Waals surface area (Å²) in [6, 6.07) is 4.29. The summed E-state index contributed by atoms with van der Waals surface area (Å²) in [6.07, 6.45) is -2.03. The summed E-state index contributed by atoms with van der Waals surface area (Å²) in [7, 11) is 0. The van der Waals surface area contributed by atoms with Crippen molar-refractivity contribution in [3.63, 3.8) is 0 Å². The minimum atomic E-state index is -1.35. The van der Waals surface area contributed by atoms with Crippen LogP contribution < -0.4 is 0 Å². The molecule has 1 aromatic rings.